The zero-order valence-corrected chi connectivity index (χ0v) is 17.1. The molecule has 0 radical (unpaired) electrons. The first kappa shape index (κ1) is 17.9. The Labute approximate surface area is 162 Å². The van der Waals surface area contributed by atoms with Gasteiger partial charge in [0, 0.05) is 23.3 Å². The van der Waals surface area contributed by atoms with Crippen LogP contribution in [-0.2, 0) is 10.8 Å². The Bertz CT molecular complexity index is 870. The smallest absolute Gasteiger partial charge is 0.291 e. The van der Waals surface area contributed by atoms with Crippen molar-refractivity contribution in [2.24, 2.45) is 0 Å². The topological polar surface area (TPSA) is 18.5 Å². The van der Waals surface area contributed by atoms with Gasteiger partial charge in [0.15, 0.2) is 0 Å². The fourth-order valence-electron chi connectivity index (χ4n) is 3.44. The van der Waals surface area contributed by atoms with E-state index < -0.39 is 5.79 Å². The molecule has 0 aromatic heterocycles. The zero-order valence-electron chi connectivity index (χ0n) is 17.1. The Morgan fingerprint density at radius 2 is 1.04 bits per heavy atom. The van der Waals surface area contributed by atoms with E-state index in [1.165, 1.54) is 11.1 Å². The van der Waals surface area contributed by atoms with Crippen molar-refractivity contribution in [1.29, 1.82) is 0 Å². The molecule has 0 saturated heterocycles. The van der Waals surface area contributed by atoms with Crippen molar-refractivity contribution in [2.45, 2.75) is 58.2 Å². The molecule has 0 fully saturated rings. The lowest BCUT2D eigenvalue weighted by Crippen LogP contribution is -2.41. The van der Waals surface area contributed by atoms with Gasteiger partial charge in [-0.05, 0) is 58.4 Å². The highest BCUT2D eigenvalue weighted by atomic mass is 16.7. The fraction of sp³-hybridized carbons (Fsp3) is 0.360. The van der Waals surface area contributed by atoms with E-state index in [1.807, 2.05) is 12.2 Å². The molecule has 1 spiro atoms. The maximum absolute atomic E-state index is 6.29. The molecule has 0 unspecified atom stereocenters. The van der Waals surface area contributed by atoms with Gasteiger partial charge in [0.2, 0.25) is 0 Å². The molecule has 2 aliphatic heterocycles. The standard InChI is InChI=1S/C25H28O2/c1-23(2,3)19-7-9-21-17(15-19)11-13-25(26-21)14-12-18-16-20(24(4,5)6)8-10-22(18)27-25/h7-16H,1-6H3. The highest BCUT2D eigenvalue weighted by Crippen LogP contribution is 2.40. The van der Waals surface area contributed by atoms with Gasteiger partial charge in [-0.3, -0.25) is 0 Å². The number of fused-ring (bicyclic) bond motifs is 2. The fourth-order valence-corrected chi connectivity index (χ4v) is 3.44. The Balaban J connectivity index is 1.65. The molecule has 27 heavy (non-hydrogen) atoms. The molecule has 0 aliphatic carbocycles. The zero-order chi connectivity index (χ0) is 19.4. The third kappa shape index (κ3) is 3.29. The van der Waals surface area contributed by atoms with E-state index in [0.717, 1.165) is 22.6 Å². The van der Waals surface area contributed by atoms with Gasteiger partial charge in [0.05, 0.1) is 0 Å². The van der Waals surface area contributed by atoms with Crippen molar-refractivity contribution in [3.63, 3.8) is 0 Å². The summed E-state index contributed by atoms with van der Waals surface area (Å²) in [5, 5.41) is 0. The first-order valence-corrected chi connectivity index (χ1v) is 9.61. The molecule has 2 heteroatoms. The molecule has 0 N–H and O–H groups in total. The van der Waals surface area contributed by atoms with Crippen LogP contribution in [0.4, 0.5) is 0 Å². The SMILES string of the molecule is CC(C)(C)c1ccc2c(c1)C=CC1(C=Cc3cc(C(C)(C)C)ccc3O1)O2. The van der Waals surface area contributed by atoms with Gasteiger partial charge in [-0.25, -0.2) is 0 Å². The third-order valence-corrected chi connectivity index (χ3v) is 5.28. The molecule has 0 atom stereocenters. The minimum absolute atomic E-state index is 0.114. The lowest BCUT2D eigenvalue weighted by Gasteiger charge is -2.36. The van der Waals surface area contributed by atoms with E-state index in [4.69, 9.17) is 9.47 Å². The van der Waals surface area contributed by atoms with E-state index in [0.29, 0.717) is 0 Å². The first-order valence-electron chi connectivity index (χ1n) is 9.61. The number of rotatable bonds is 0. The molecule has 0 bridgehead atoms. The molecule has 2 heterocycles. The average molecular weight is 360 g/mol. The van der Waals surface area contributed by atoms with Gasteiger partial charge in [0.1, 0.15) is 11.5 Å². The van der Waals surface area contributed by atoms with Gasteiger partial charge >= 0.3 is 0 Å². The minimum Gasteiger partial charge on any atom is -0.445 e. The van der Waals surface area contributed by atoms with Crippen molar-refractivity contribution < 1.29 is 9.47 Å². The van der Waals surface area contributed by atoms with E-state index in [9.17, 15) is 0 Å². The molecular weight excluding hydrogens is 332 g/mol. The summed E-state index contributed by atoms with van der Waals surface area (Å²) in [7, 11) is 0. The van der Waals surface area contributed by atoms with Crippen molar-refractivity contribution in [2.75, 3.05) is 0 Å². The molecule has 140 valence electrons. The van der Waals surface area contributed by atoms with Crippen molar-refractivity contribution in [3.05, 3.63) is 70.8 Å². The van der Waals surface area contributed by atoms with Crippen molar-refractivity contribution >= 4 is 12.2 Å². The van der Waals surface area contributed by atoms with E-state index in [1.54, 1.807) is 0 Å². The maximum Gasteiger partial charge on any atom is 0.291 e. The summed E-state index contributed by atoms with van der Waals surface area (Å²) >= 11 is 0. The number of ether oxygens (including phenoxy) is 2. The van der Waals surface area contributed by atoms with Crippen LogP contribution in [0.5, 0.6) is 11.5 Å². The second-order valence-corrected chi connectivity index (χ2v) is 9.60. The lowest BCUT2D eigenvalue weighted by atomic mass is 9.85. The average Bonchev–Trinajstić information content (AvgIpc) is 2.59. The predicted octanol–water partition coefficient (Wildman–Crippen LogP) is 6.49. The van der Waals surface area contributed by atoms with Crippen LogP contribution in [0.25, 0.3) is 12.2 Å². The van der Waals surface area contributed by atoms with Gasteiger partial charge in [-0.15, -0.1) is 0 Å². The Morgan fingerprint density at radius 1 is 0.630 bits per heavy atom. The molecule has 2 nitrogen and oxygen atoms in total. The number of benzene rings is 2. The van der Waals surface area contributed by atoms with E-state index >= 15 is 0 Å². The van der Waals surface area contributed by atoms with Crippen LogP contribution in [0.2, 0.25) is 0 Å². The molecule has 0 saturated carbocycles. The Morgan fingerprint density at radius 3 is 1.41 bits per heavy atom. The van der Waals surface area contributed by atoms with Crippen LogP contribution in [-0.4, -0.2) is 5.79 Å². The van der Waals surface area contributed by atoms with Gasteiger partial charge in [-0.2, -0.15) is 0 Å². The molecule has 2 aromatic carbocycles. The minimum atomic E-state index is -0.869. The summed E-state index contributed by atoms with van der Waals surface area (Å²) in [5.74, 6) is 0.835. The predicted molar refractivity (Wildman–Crippen MR) is 112 cm³/mol. The van der Waals surface area contributed by atoms with E-state index in [-0.39, 0.29) is 10.8 Å². The van der Waals surface area contributed by atoms with E-state index in [2.05, 4.69) is 90.1 Å². The van der Waals surface area contributed by atoms with Gasteiger partial charge in [-0.1, -0.05) is 53.7 Å². The molecule has 2 aliphatic rings. The van der Waals surface area contributed by atoms with Gasteiger partial charge in [0.25, 0.3) is 5.79 Å². The molecule has 2 aromatic rings. The summed E-state index contributed by atoms with van der Waals surface area (Å²) in [5.41, 5.74) is 5.01. The van der Waals surface area contributed by atoms with Gasteiger partial charge < -0.3 is 9.47 Å². The quantitative estimate of drug-likeness (QED) is 0.534. The summed E-state index contributed by atoms with van der Waals surface area (Å²) < 4.78 is 12.6. The van der Waals surface area contributed by atoms with Crippen LogP contribution >= 0.6 is 0 Å². The summed E-state index contributed by atoms with van der Waals surface area (Å²) in [6, 6.07) is 12.8. The largest absolute Gasteiger partial charge is 0.445 e. The summed E-state index contributed by atoms with van der Waals surface area (Å²) in [6.07, 6.45) is 8.21. The van der Waals surface area contributed by atoms with Crippen LogP contribution in [0.1, 0.15) is 63.8 Å². The van der Waals surface area contributed by atoms with Crippen molar-refractivity contribution in [3.8, 4) is 11.5 Å². The van der Waals surface area contributed by atoms with Crippen LogP contribution in [0.15, 0.2) is 48.6 Å². The lowest BCUT2D eigenvalue weighted by molar-refractivity contribution is -0.0307. The number of hydrogen-bond donors (Lipinski definition) is 0. The second kappa shape index (κ2) is 5.76. The molecular formula is C25H28O2. The summed E-state index contributed by atoms with van der Waals surface area (Å²) in [6.45, 7) is 13.3. The second-order valence-electron chi connectivity index (χ2n) is 9.60. The third-order valence-electron chi connectivity index (χ3n) is 5.28. The Hall–Kier alpha value is -2.48. The first-order chi connectivity index (χ1) is 12.6. The van der Waals surface area contributed by atoms with Crippen LogP contribution < -0.4 is 9.47 Å². The van der Waals surface area contributed by atoms with Crippen LogP contribution in [0, 0.1) is 0 Å². The highest BCUT2D eigenvalue weighted by molar-refractivity contribution is 5.67. The molecule has 0 amide bonds. The monoisotopic (exact) mass is 360 g/mol. The van der Waals surface area contributed by atoms with Crippen LogP contribution in [0.3, 0.4) is 0 Å². The normalized spacial score (nSPS) is 17.1. The number of hydrogen-bond acceptors (Lipinski definition) is 2. The van der Waals surface area contributed by atoms with Crippen molar-refractivity contribution in [1.82, 2.24) is 0 Å². The molecule has 4 rings (SSSR count). The Kier molecular flexibility index (Phi) is 3.82. The highest BCUT2D eigenvalue weighted by Gasteiger charge is 2.36. The summed E-state index contributed by atoms with van der Waals surface area (Å²) in [4.78, 5) is 0. The maximum atomic E-state index is 6.29.